The summed E-state index contributed by atoms with van der Waals surface area (Å²) in [5.74, 6) is 0. The minimum atomic E-state index is -5.13. The van der Waals surface area contributed by atoms with Crippen LogP contribution < -0.4 is 0 Å². The van der Waals surface area contributed by atoms with Gasteiger partial charge in [0.2, 0.25) is 0 Å². The van der Waals surface area contributed by atoms with Gasteiger partial charge in [-0.15, -0.1) is 0 Å². The van der Waals surface area contributed by atoms with Crippen molar-refractivity contribution in [2.24, 2.45) is 0 Å². The van der Waals surface area contributed by atoms with E-state index in [2.05, 4.69) is 0 Å². The second-order valence-corrected chi connectivity index (χ2v) is 4.83. The zero-order chi connectivity index (χ0) is 7.57. The van der Waals surface area contributed by atoms with Crippen LogP contribution in [-0.4, -0.2) is 25.7 Å². The Morgan fingerprint density at radius 1 is 1.11 bits per heavy atom. The normalized spacial score (nSPS) is 16.8. The van der Waals surface area contributed by atoms with E-state index in [1.54, 1.807) is 0 Å². The van der Waals surface area contributed by atoms with Crippen LogP contribution in [-0.2, 0) is 0 Å². The first-order chi connectivity index (χ1) is 3.81. The Morgan fingerprint density at radius 2 is 1.56 bits per heavy atom. The van der Waals surface area contributed by atoms with Gasteiger partial charge in [-0.3, -0.25) is 0 Å². The van der Waals surface area contributed by atoms with Crippen molar-refractivity contribution in [2.45, 2.75) is 19.8 Å². The SMILES string of the molecule is CCCCP(O)(O)(O)O. The summed E-state index contributed by atoms with van der Waals surface area (Å²) < 4.78 is 0. The van der Waals surface area contributed by atoms with Crippen molar-refractivity contribution >= 4 is 7.51 Å². The summed E-state index contributed by atoms with van der Waals surface area (Å²) in [6, 6.07) is 0. The van der Waals surface area contributed by atoms with Crippen LogP contribution in [0.25, 0.3) is 0 Å². The molecule has 0 radical (unpaired) electrons. The Bertz CT molecular complexity index is 85.2. The van der Waals surface area contributed by atoms with E-state index in [0.29, 0.717) is 12.8 Å². The van der Waals surface area contributed by atoms with Crippen LogP contribution in [0.5, 0.6) is 0 Å². The summed E-state index contributed by atoms with van der Waals surface area (Å²) >= 11 is 0. The molecule has 0 aromatic heterocycles. The van der Waals surface area contributed by atoms with Crippen LogP contribution in [0.4, 0.5) is 0 Å². The van der Waals surface area contributed by atoms with Crippen molar-refractivity contribution in [2.75, 3.05) is 6.16 Å². The van der Waals surface area contributed by atoms with Gasteiger partial charge in [-0.25, -0.2) is 0 Å². The van der Waals surface area contributed by atoms with Gasteiger partial charge in [-0.1, -0.05) is 0 Å². The van der Waals surface area contributed by atoms with Crippen LogP contribution >= 0.6 is 7.51 Å². The average Bonchev–Trinajstić information content (AvgIpc) is 1.57. The second kappa shape index (κ2) is 2.48. The zero-order valence-electron chi connectivity index (χ0n) is 5.36. The summed E-state index contributed by atoms with van der Waals surface area (Å²) in [5, 5.41) is 0. The molecule has 0 amide bonds. The van der Waals surface area contributed by atoms with E-state index in [-0.39, 0.29) is 6.16 Å². The molecule has 0 saturated carbocycles. The molecule has 0 heterocycles. The first kappa shape index (κ1) is 9.27. The fourth-order valence-electron chi connectivity index (χ4n) is 0.441. The maximum atomic E-state index is 8.41. The molecule has 58 valence electrons. The van der Waals surface area contributed by atoms with Crippen LogP contribution in [0.1, 0.15) is 19.8 Å². The van der Waals surface area contributed by atoms with Crippen molar-refractivity contribution in [1.82, 2.24) is 0 Å². The molecule has 0 aliphatic carbocycles. The van der Waals surface area contributed by atoms with Crippen molar-refractivity contribution in [3.63, 3.8) is 0 Å². The van der Waals surface area contributed by atoms with E-state index in [1.807, 2.05) is 6.92 Å². The summed E-state index contributed by atoms with van der Waals surface area (Å²) in [6.07, 6.45) is 0.806. The van der Waals surface area contributed by atoms with Crippen LogP contribution in [0.3, 0.4) is 0 Å². The Balaban J connectivity index is 3.60. The van der Waals surface area contributed by atoms with Gasteiger partial charge in [0.15, 0.2) is 0 Å². The minimum absolute atomic E-state index is 0.317. The molecule has 0 bridgehead atoms. The molecule has 0 spiro atoms. The topological polar surface area (TPSA) is 80.9 Å². The van der Waals surface area contributed by atoms with Crippen LogP contribution in [0.2, 0.25) is 0 Å². The fourth-order valence-corrected chi connectivity index (χ4v) is 1.32. The van der Waals surface area contributed by atoms with Gasteiger partial charge >= 0.3 is 53.0 Å². The number of unbranched alkanes of at least 4 members (excludes halogenated alkanes) is 1. The van der Waals surface area contributed by atoms with E-state index < -0.39 is 7.51 Å². The third-order valence-corrected chi connectivity index (χ3v) is 2.03. The molecule has 0 saturated heterocycles. The quantitative estimate of drug-likeness (QED) is 0.432. The molecule has 0 aromatic rings. The van der Waals surface area contributed by atoms with E-state index in [9.17, 15) is 0 Å². The fraction of sp³-hybridized carbons (Fsp3) is 1.00. The molecular weight excluding hydrogens is 143 g/mol. The third-order valence-electron chi connectivity index (χ3n) is 0.912. The first-order valence-corrected chi connectivity index (χ1v) is 5.06. The second-order valence-electron chi connectivity index (χ2n) is 2.18. The Labute approximate surface area is 54.0 Å². The van der Waals surface area contributed by atoms with E-state index >= 15 is 0 Å². The molecule has 4 N–H and O–H groups in total. The zero-order valence-corrected chi connectivity index (χ0v) is 6.25. The predicted molar refractivity (Wildman–Crippen MR) is 35.6 cm³/mol. The molecular formula is C4H13O4P. The summed E-state index contributed by atoms with van der Waals surface area (Å²) in [7, 11) is -5.13. The Hall–Kier alpha value is 0.270. The first-order valence-electron chi connectivity index (χ1n) is 2.82. The van der Waals surface area contributed by atoms with Crippen LogP contribution in [0.15, 0.2) is 0 Å². The van der Waals surface area contributed by atoms with Crippen molar-refractivity contribution in [1.29, 1.82) is 0 Å². The standard InChI is InChI=1S/C4H13O4P/c1-2-3-4-9(5,6,7)8/h5-8H,2-4H2,1H3. The van der Waals surface area contributed by atoms with Gasteiger partial charge in [-0.2, -0.15) is 0 Å². The molecule has 5 heteroatoms. The van der Waals surface area contributed by atoms with Crippen molar-refractivity contribution in [3.8, 4) is 0 Å². The molecule has 0 unspecified atom stereocenters. The van der Waals surface area contributed by atoms with Crippen molar-refractivity contribution in [3.05, 3.63) is 0 Å². The molecule has 4 nitrogen and oxygen atoms in total. The van der Waals surface area contributed by atoms with Gasteiger partial charge in [0.25, 0.3) is 0 Å². The van der Waals surface area contributed by atoms with Gasteiger partial charge in [0, 0.05) is 0 Å². The predicted octanol–water partition coefficient (Wildman–Crippen LogP) is -0.0310. The molecule has 9 heavy (non-hydrogen) atoms. The molecule has 0 fully saturated rings. The van der Waals surface area contributed by atoms with Gasteiger partial charge in [0.1, 0.15) is 0 Å². The Kier molecular flexibility index (Phi) is 2.56. The van der Waals surface area contributed by atoms with E-state index in [0.717, 1.165) is 0 Å². The van der Waals surface area contributed by atoms with E-state index in [1.165, 1.54) is 0 Å². The van der Waals surface area contributed by atoms with Gasteiger partial charge < -0.3 is 0 Å². The molecule has 0 aliphatic heterocycles. The van der Waals surface area contributed by atoms with Gasteiger partial charge in [0.05, 0.1) is 0 Å². The molecule has 0 aromatic carbocycles. The molecule has 0 aliphatic rings. The number of rotatable bonds is 3. The molecule has 0 atom stereocenters. The van der Waals surface area contributed by atoms with Crippen molar-refractivity contribution < 1.29 is 19.6 Å². The summed E-state index contributed by atoms with van der Waals surface area (Å²) in [5.41, 5.74) is 0. The molecule has 0 rings (SSSR count). The average molecular weight is 156 g/mol. The monoisotopic (exact) mass is 156 g/mol. The Morgan fingerprint density at radius 3 is 1.67 bits per heavy atom. The summed E-state index contributed by atoms with van der Waals surface area (Å²) in [4.78, 5) is 33.6. The number of hydrogen-bond acceptors (Lipinski definition) is 4. The third kappa shape index (κ3) is 8.27. The van der Waals surface area contributed by atoms with E-state index in [4.69, 9.17) is 19.6 Å². The number of hydrogen-bond donors (Lipinski definition) is 4. The summed E-state index contributed by atoms with van der Waals surface area (Å²) in [6.45, 7) is 1.82. The van der Waals surface area contributed by atoms with Crippen LogP contribution in [0, 0.1) is 0 Å². The maximum absolute atomic E-state index is 8.41. The van der Waals surface area contributed by atoms with Gasteiger partial charge in [-0.05, 0) is 0 Å².